The van der Waals surface area contributed by atoms with Crippen LogP contribution in [0.25, 0.3) is 11.1 Å². The van der Waals surface area contributed by atoms with Crippen molar-refractivity contribution in [1.29, 1.82) is 0 Å². The summed E-state index contributed by atoms with van der Waals surface area (Å²) in [6, 6.07) is 4.45. The average Bonchev–Trinajstić information content (AvgIpc) is 3.04. The Morgan fingerprint density at radius 2 is 1.15 bits per heavy atom. The number of ether oxygens (including phenoxy) is 1. The van der Waals surface area contributed by atoms with Crippen molar-refractivity contribution < 1.29 is 62.2 Å². The fourth-order valence-electron chi connectivity index (χ4n) is 5.79. The van der Waals surface area contributed by atoms with E-state index in [1.165, 1.54) is 0 Å². The predicted molar refractivity (Wildman–Crippen MR) is 177 cm³/mol. The second-order valence-electron chi connectivity index (χ2n) is 13.3. The maximum absolute atomic E-state index is 14.0. The van der Waals surface area contributed by atoms with Gasteiger partial charge >= 0.3 is 30.7 Å². The molecule has 0 spiro atoms. The molecule has 1 unspecified atom stereocenters. The van der Waals surface area contributed by atoms with E-state index in [0.29, 0.717) is 18.6 Å². The molecule has 53 heavy (non-hydrogen) atoms. The Morgan fingerprint density at radius 1 is 0.623 bits per heavy atom. The van der Waals surface area contributed by atoms with E-state index >= 15 is 0 Å². The molecule has 0 aliphatic carbocycles. The number of esters is 1. The van der Waals surface area contributed by atoms with E-state index in [2.05, 4.69) is 12.2 Å². The van der Waals surface area contributed by atoms with Gasteiger partial charge in [-0.05, 0) is 84.0 Å². The Hall–Kier alpha value is -3.91. The first kappa shape index (κ1) is 43.5. The zero-order valence-electron chi connectivity index (χ0n) is 29.3. The van der Waals surface area contributed by atoms with Crippen LogP contribution in [0.1, 0.15) is 112 Å². The van der Waals surface area contributed by atoms with Gasteiger partial charge in [0.2, 0.25) is 0 Å². The van der Waals surface area contributed by atoms with E-state index in [-0.39, 0.29) is 54.3 Å². The van der Waals surface area contributed by atoms with Crippen LogP contribution in [0.3, 0.4) is 0 Å². The lowest BCUT2D eigenvalue weighted by Gasteiger charge is -2.22. The number of anilines is 2. The summed E-state index contributed by atoms with van der Waals surface area (Å²) in [5.74, 6) is -2.22. The molecule has 0 aliphatic rings. The average molecular weight is 772 g/mol. The summed E-state index contributed by atoms with van der Waals surface area (Å²) in [6.07, 6.45) is -13.1. The van der Waals surface area contributed by atoms with Gasteiger partial charge in [0.25, 0.3) is 0 Å². The number of hydrogen-bond acceptors (Lipinski definition) is 3. The predicted octanol–water partition coefficient (Wildman–Crippen LogP) is 14.0. The number of hydrogen-bond donors (Lipinski definition) is 1. The molecule has 0 fully saturated rings. The summed E-state index contributed by atoms with van der Waals surface area (Å²) in [7, 11) is 0. The number of unbranched alkanes of at least 4 members (excludes halogenated alkanes) is 7. The second kappa shape index (κ2) is 17.9. The molecule has 0 saturated heterocycles. The van der Waals surface area contributed by atoms with Crippen LogP contribution in [0.5, 0.6) is 0 Å². The maximum Gasteiger partial charge on any atom is 0.418 e. The molecule has 0 radical (unpaired) electrons. The van der Waals surface area contributed by atoms with Crippen molar-refractivity contribution in [3.05, 3.63) is 82.4 Å². The van der Waals surface area contributed by atoms with Crippen LogP contribution in [0.4, 0.5) is 64.1 Å². The summed E-state index contributed by atoms with van der Waals surface area (Å²) >= 11 is 0. The SMILES string of the molecule is CCCCCCCCCCOC(=O)C(CC(C)C)c1cc(Nc2cc(C(F)(F)F)ccc2C(F)(F)F)cc(-c2cc(C(F)(F)F)cc(C(F)(F)F)c2)c1. The molecule has 0 amide bonds. The first-order chi connectivity index (χ1) is 24.5. The van der Waals surface area contributed by atoms with Crippen LogP contribution in [-0.2, 0) is 34.2 Å². The van der Waals surface area contributed by atoms with Crippen LogP contribution in [0.15, 0.2) is 54.6 Å². The number of carbonyl (C=O) groups excluding carboxylic acids is 1. The highest BCUT2D eigenvalue weighted by Crippen LogP contribution is 2.43. The van der Waals surface area contributed by atoms with Gasteiger partial charge in [-0.3, -0.25) is 4.79 Å². The lowest BCUT2D eigenvalue weighted by molar-refractivity contribution is -0.146. The van der Waals surface area contributed by atoms with Gasteiger partial charge in [-0.2, -0.15) is 52.7 Å². The number of benzene rings is 3. The quantitative estimate of drug-likeness (QED) is 0.0895. The molecule has 15 heteroatoms. The smallest absolute Gasteiger partial charge is 0.418 e. The van der Waals surface area contributed by atoms with Crippen LogP contribution in [0.2, 0.25) is 0 Å². The molecule has 1 atom stereocenters. The van der Waals surface area contributed by atoms with E-state index in [9.17, 15) is 57.5 Å². The van der Waals surface area contributed by atoms with Crippen molar-refractivity contribution in [3.63, 3.8) is 0 Å². The van der Waals surface area contributed by atoms with Gasteiger partial charge in [0.05, 0.1) is 40.5 Å². The molecular formula is C38H41F12NO2. The molecule has 1 N–H and O–H groups in total. The van der Waals surface area contributed by atoms with Gasteiger partial charge in [-0.25, -0.2) is 0 Å². The van der Waals surface area contributed by atoms with Crippen LogP contribution in [0, 0.1) is 5.92 Å². The second-order valence-corrected chi connectivity index (χ2v) is 13.3. The molecule has 0 aromatic heterocycles. The molecule has 0 heterocycles. The number of alkyl halides is 12. The molecule has 3 nitrogen and oxygen atoms in total. The Balaban J connectivity index is 2.15. The standard InChI is InChI=1S/C38H41F12NO2/c1-4-5-6-7-8-9-10-11-14-53-34(52)31(15-23(2)3)26-16-24(25-17-28(36(42,43)44)21-29(18-25)37(45,46)47)19-30(20-26)51-33-22-27(35(39,40)41)12-13-32(33)38(48,49)50/h12-13,16-23,31,51H,4-11,14-15H2,1-3H3. The Bertz CT molecular complexity index is 1620. The van der Waals surface area contributed by atoms with Crippen molar-refractivity contribution in [2.24, 2.45) is 5.92 Å². The molecule has 3 rings (SSSR count). The molecule has 3 aromatic carbocycles. The van der Waals surface area contributed by atoms with Gasteiger partial charge in [0, 0.05) is 5.69 Å². The van der Waals surface area contributed by atoms with Crippen molar-refractivity contribution in [2.75, 3.05) is 11.9 Å². The molecule has 294 valence electrons. The minimum Gasteiger partial charge on any atom is -0.465 e. The first-order valence-corrected chi connectivity index (χ1v) is 17.2. The largest absolute Gasteiger partial charge is 0.465 e. The zero-order valence-corrected chi connectivity index (χ0v) is 29.3. The van der Waals surface area contributed by atoms with Gasteiger partial charge in [-0.15, -0.1) is 0 Å². The molecule has 0 saturated carbocycles. The topological polar surface area (TPSA) is 38.3 Å². The summed E-state index contributed by atoms with van der Waals surface area (Å²) in [5.41, 5.74) is -8.96. The highest BCUT2D eigenvalue weighted by atomic mass is 19.4. The third-order valence-corrected chi connectivity index (χ3v) is 8.44. The number of carbonyl (C=O) groups is 1. The first-order valence-electron chi connectivity index (χ1n) is 17.2. The maximum atomic E-state index is 14.0. The lowest BCUT2D eigenvalue weighted by atomic mass is 9.87. The van der Waals surface area contributed by atoms with Crippen LogP contribution >= 0.6 is 0 Å². The van der Waals surface area contributed by atoms with Crippen LogP contribution in [-0.4, -0.2) is 12.6 Å². The van der Waals surface area contributed by atoms with Crippen LogP contribution < -0.4 is 5.32 Å². The van der Waals surface area contributed by atoms with Crippen molar-refractivity contribution in [2.45, 2.75) is 109 Å². The minimum absolute atomic E-state index is 0.00886. The van der Waals surface area contributed by atoms with Crippen molar-refractivity contribution in [1.82, 2.24) is 0 Å². The fraction of sp³-hybridized carbons (Fsp3) is 0.500. The Morgan fingerprint density at radius 3 is 1.66 bits per heavy atom. The lowest BCUT2D eigenvalue weighted by Crippen LogP contribution is -2.19. The van der Waals surface area contributed by atoms with E-state index in [1.807, 2.05) is 0 Å². The summed E-state index contributed by atoms with van der Waals surface area (Å²) in [6.45, 7) is 5.56. The Kier molecular flexibility index (Phi) is 14.7. The van der Waals surface area contributed by atoms with E-state index < -0.39 is 75.8 Å². The Labute approximate surface area is 300 Å². The van der Waals surface area contributed by atoms with E-state index in [1.54, 1.807) is 13.8 Å². The third kappa shape index (κ3) is 13.2. The van der Waals surface area contributed by atoms with Gasteiger partial charge in [0.1, 0.15) is 0 Å². The zero-order chi connectivity index (χ0) is 39.8. The van der Waals surface area contributed by atoms with Gasteiger partial charge in [0.15, 0.2) is 0 Å². The number of halogens is 12. The van der Waals surface area contributed by atoms with Gasteiger partial charge in [-0.1, -0.05) is 71.8 Å². The summed E-state index contributed by atoms with van der Waals surface area (Å²) < 4.78 is 171. The molecule has 0 aliphatic heterocycles. The van der Waals surface area contributed by atoms with E-state index in [4.69, 9.17) is 4.74 Å². The van der Waals surface area contributed by atoms with Crippen molar-refractivity contribution >= 4 is 17.3 Å². The highest BCUT2D eigenvalue weighted by molar-refractivity contribution is 5.81. The minimum atomic E-state index is -5.24. The van der Waals surface area contributed by atoms with Crippen molar-refractivity contribution in [3.8, 4) is 11.1 Å². The number of rotatable bonds is 16. The number of nitrogens with one attached hydrogen (secondary N) is 1. The monoisotopic (exact) mass is 771 g/mol. The summed E-state index contributed by atoms with van der Waals surface area (Å²) in [5, 5.41) is 2.25. The fourth-order valence-corrected chi connectivity index (χ4v) is 5.79. The molecule has 3 aromatic rings. The third-order valence-electron chi connectivity index (χ3n) is 8.44. The molecule has 0 bridgehead atoms. The van der Waals surface area contributed by atoms with Gasteiger partial charge < -0.3 is 10.1 Å². The van der Waals surface area contributed by atoms with E-state index in [0.717, 1.165) is 63.1 Å². The highest BCUT2D eigenvalue weighted by Gasteiger charge is 2.39. The summed E-state index contributed by atoms with van der Waals surface area (Å²) in [4.78, 5) is 13.5. The molecular weight excluding hydrogens is 730 g/mol. The normalized spacial score (nSPS) is 13.4.